The fourth-order valence-electron chi connectivity index (χ4n) is 3.41. The summed E-state index contributed by atoms with van der Waals surface area (Å²) in [6, 6.07) is 0. The van der Waals surface area contributed by atoms with Gasteiger partial charge in [-0.1, -0.05) is 6.92 Å². The van der Waals surface area contributed by atoms with Crippen LogP contribution in [0.1, 0.15) is 39.7 Å². The molecule has 0 saturated heterocycles. The van der Waals surface area contributed by atoms with Crippen LogP contribution in [0, 0.1) is 0 Å². The van der Waals surface area contributed by atoms with Crippen molar-refractivity contribution in [2.45, 2.75) is 39.5 Å². The van der Waals surface area contributed by atoms with Gasteiger partial charge < -0.3 is 14.4 Å². The summed E-state index contributed by atoms with van der Waals surface area (Å²) in [5, 5.41) is 6.22. The first-order chi connectivity index (χ1) is 12.3. The quantitative estimate of drug-likeness (QED) is 0.787. The molecule has 1 N–H and O–H groups in total. The van der Waals surface area contributed by atoms with Crippen molar-refractivity contribution in [3.8, 4) is 0 Å². The van der Waals surface area contributed by atoms with E-state index in [1.807, 2.05) is 6.92 Å². The maximum absolute atomic E-state index is 13.0. The molecule has 1 aliphatic heterocycles. The minimum atomic E-state index is -1.59. The molecule has 1 unspecified atom stereocenters. The van der Waals surface area contributed by atoms with Crippen molar-refractivity contribution >= 4 is 17.6 Å². The smallest absolute Gasteiger partial charge is 0.335 e. The van der Waals surface area contributed by atoms with Crippen LogP contribution < -0.4 is 10.5 Å². The number of rotatable bonds is 5. The Morgan fingerprint density at radius 2 is 1.92 bits per heavy atom. The highest BCUT2D eigenvalue weighted by Crippen LogP contribution is 2.42. The van der Waals surface area contributed by atoms with Crippen molar-refractivity contribution in [3.05, 3.63) is 33.3 Å². The second-order valence-electron chi connectivity index (χ2n) is 6.21. The van der Waals surface area contributed by atoms with Gasteiger partial charge in [0, 0.05) is 13.6 Å². The minimum absolute atomic E-state index is 0.125. The summed E-state index contributed by atoms with van der Waals surface area (Å²) in [6.07, 6.45) is 2.00. The third-order valence-electron chi connectivity index (χ3n) is 4.62. The number of aromatic amines is 1. The number of carbonyl (C=O) groups is 2. The molecule has 26 heavy (non-hydrogen) atoms. The highest BCUT2D eigenvalue weighted by atomic mass is 16.5. The number of anilines is 1. The first-order valence-corrected chi connectivity index (χ1v) is 8.68. The molecule has 1 aliphatic rings. The fourth-order valence-corrected chi connectivity index (χ4v) is 3.41. The maximum atomic E-state index is 13.0. The molecule has 1 atom stereocenters. The Labute approximate surface area is 152 Å². The summed E-state index contributed by atoms with van der Waals surface area (Å²) in [6.45, 7) is 7.47. The van der Waals surface area contributed by atoms with E-state index in [-0.39, 0.29) is 24.4 Å². The van der Waals surface area contributed by atoms with Crippen LogP contribution in [0.15, 0.2) is 22.1 Å². The Balaban J connectivity index is 2.91. The van der Waals surface area contributed by atoms with Crippen LogP contribution in [0.2, 0.25) is 0 Å². The lowest BCUT2D eigenvalue weighted by molar-refractivity contribution is -0.151. The molecule has 2 rings (SSSR count). The first-order valence-electron chi connectivity index (χ1n) is 8.68. The van der Waals surface area contributed by atoms with Crippen LogP contribution >= 0.6 is 0 Å². The molecule has 0 spiro atoms. The van der Waals surface area contributed by atoms with Crippen molar-refractivity contribution in [3.63, 3.8) is 0 Å². The number of carbonyl (C=O) groups excluding carboxylic acids is 2. The zero-order valence-corrected chi connectivity index (χ0v) is 15.8. The molecule has 0 aliphatic carbocycles. The molecular weight excluding hydrogens is 338 g/mol. The second-order valence-corrected chi connectivity index (χ2v) is 6.21. The Morgan fingerprint density at radius 1 is 1.27 bits per heavy atom. The number of nitrogens with zero attached hydrogens (tertiary/aromatic N) is 2. The molecule has 142 valence electrons. The third kappa shape index (κ3) is 3.11. The van der Waals surface area contributed by atoms with Gasteiger partial charge in [0.2, 0.25) is 0 Å². The standard InChI is InChI=1S/C18H25N3O5/c1-6-11-10-21(5)12-9-19-20-15(22)14(12)18(4,17(24)26-8-3)13(11)16(23)25-7-2/h9H,6-8,10H2,1-5H3,(H,20,22). The van der Waals surface area contributed by atoms with Crippen molar-refractivity contribution in [1.29, 1.82) is 0 Å². The van der Waals surface area contributed by atoms with E-state index in [2.05, 4.69) is 10.2 Å². The third-order valence-corrected chi connectivity index (χ3v) is 4.62. The average Bonchev–Trinajstić information content (AvgIpc) is 2.70. The topological polar surface area (TPSA) is 102 Å². The molecule has 0 saturated carbocycles. The molecule has 0 aromatic carbocycles. The van der Waals surface area contributed by atoms with E-state index >= 15 is 0 Å². The van der Waals surface area contributed by atoms with E-state index in [1.54, 1.807) is 32.7 Å². The van der Waals surface area contributed by atoms with Gasteiger partial charge >= 0.3 is 11.9 Å². The number of hydrogen-bond acceptors (Lipinski definition) is 7. The Kier molecular flexibility index (Phi) is 5.84. The number of esters is 2. The van der Waals surface area contributed by atoms with Crippen LogP contribution in [0.5, 0.6) is 0 Å². The number of ether oxygens (including phenoxy) is 2. The first kappa shape index (κ1) is 19.7. The van der Waals surface area contributed by atoms with E-state index in [0.717, 1.165) is 5.57 Å². The van der Waals surface area contributed by atoms with Crippen molar-refractivity contribution < 1.29 is 19.1 Å². The summed E-state index contributed by atoms with van der Waals surface area (Å²) >= 11 is 0. The molecule has 0 bridgehead atoms. The molecule has 0 fully saturated rings. The zero-order chi connectivity index (χ0) is 19.5. The highest BCUT2D eigenvalue weighted by Gasteiger charge is 2.50. The van der Waals surface area contributed by atoms with Gasteiger partial charge in [0.25, 0.3) is 5.56 Å². The number of likely N-dealkylation sites (N-methyl/N-ethyl adjacent to an activating group) is 1. The van der Waals surface area contributed by atoms with Crippen molar-refractivity contribution in [1.82, 2.24) is 10.2 Å². The van der Waals surface area contributed by atoms with Crippen molar-refractivity contribution in [2.75, 3.05) is 31.7 Å². The Bertz CT molecular complexity index is 798. The molecule has 0 amide bonds. The van der Waals surface area contributed by atoms with Gasteiger partial charge in [0.05, 0.1) is 36.2 Å². The minimum Gasteiger partial charge on any atom is -0.465 e. The van der Waals surface area contributed by atoms with E-state index < -0.39 is 22.9 Å². The predicted molar refractivity (Wildman–Crippen MR) is 96.1 cm³/mol. The Hall–Kier alpha value is -2.64. The molecule has 0 radical (unpaired) electrons. The van der Waals surface area contributed by atoms with Gasteiger partial charge in [0.15, 0.2) is 0 Å². The summed E-state index contributed by atoms with van der Waals surface area (Å²) < 4.78 is 10.5. The molecule has 2 heterocycles. The van der Waals surface area contributed by atoms with Crippen LogP contribution in [-0.4, -0.2) is 48.9 Å². The highest BCUT2D eigenvalue weighted by molar-refractivity contribution is 6.04. The zero-order valence-electron chi connectivity index (χ0n) is 15.8. The maximum Gasteiger partial charge on any atom is 0.335 e. The predicted octanol–water partition coefficient (Wildman–Crippen LogP) is 1.31. The number of H-pyrrole nitrogens is 1. The average molecular weight is 363 g/mol. The number of hydrogen-bond donors (Lipinski definition) is 1. The number of aromatic nitrogens is 2. The molecule has 1 aromatic heterocycles. The summed E-state index contributed by atoms with van der Waals surface area (Å²) in [5.74, 6) is -1.28. The number of nitrogens with one attached hydrogen (secondary N) is 1. The lowest BCUT2D eigenvalue weighted by atomic mass is 9.74. The molecule has 8 nitrogen and oxygen atoms in total. The SMILES string of the molecule is CCOC(=O)C1=C(CC)CN(C)c2cn[nH]c(=O)c2C1(C)C(=O)OCC. The molecule has 8 heteroatoms. The van der Waals surface area contributed by atoms with Crippen LogP contribution in [0.25, 0.3) is 0 Å². The van der Waals surface area contributed by atoms with Gasteiger partial charge in [-0.3, -0.25) is 9.59 Å². The molecule has 1 aromatic rings. The van der Waals surface area contributed by atoms with E-state index in [0.29, 0.717) is 18.7 Å². The van der Waals surface area contributed by atoms with Gasteiger partial charge in [-0.2, -0.15) is 5.10 Å². The van der Waals surface area contributed by atoms with Gasteiger partial charge in [-0.05, 0) is 32.8 Å². The molecular formula is C18H25N3O5. The summed E-state index contributed by atoms with van der Waals surface area (Å²) in [7, 11) is 1.79. The van der Waals surface area contributed by atoms with E-state index in [1.165, 1.54) is 6.20 Å². The lowest BCUT2D eigenvalue weighted by Crippen LogP contribution is -2.44. The van der Waals surface area contributed by atoms with Crippen molar-refractivity contribution in [2.24, 2.45) is 0 Å². The van der Waals surface area contributed by atoms with Crippen LogP contribution in [-0.2, 0) is 24.5 Å². The normalized spacial score (nSPS) is 19.7. The monoisotopic (exact) mass is 363 g/mol. The number of fused-ring (bicyclic) bond motifs is 1. The second kappa shape index (κ2) is 7.72. The van der Waals surface area contributed by atoms with Crippen LogP contribution in [0.4, 0.5) is 5.69 Å². The van der Waals surface area contributed by atoms with E-state index in [9.17, 15) is 14.4 Å². The largest absolute Gasteiger partial charge is 0.465 e. The van der Waals surface area contributed by atoms with E-state index in [4.69, 9.17) is 9.47 Å². The lowest BCUT2D eigenvalue weighted by Gasteiger charge is -2.29. The van der Waals surface area contributed by atoms with Gasteiger partial charge in [-0.25, -0.2) is 9.89 Å². The van der Waals surface area contributed by atoms with Gasteiger partial charge in [-0.15, -0.1) is 0 Å². The summed E-state index contributed by atoms with van der Waals surface area (Å²) in [5.41, 5.74) is -0.622. The summed E-state index contributed by atoms with van der Waals surface area (Å²) in [4.78, 5) is 40.3. The Morgan fingerprint density at radius 3 is 2.50 bits per heavy atom. The van der Waals surface area contributed by atoms with Gasteiger partial charge in [0.1, 0.15) is 5.41 Å². The fraction of sp³-hybridized carbons (Fsp3) is 0.556. The van der Waals surface area contributed by atoms with Crippen LogP contribution in [0.3, 0.4) is 0 Å².